The van der Waals surface area contributed by atoms with Crippen LogP contribution in [0.25, 0.3) is 0 Å². The Morgan fingerprint density at radius 3 is 3.05 bits per heavy atom. The molecule has 0 N–H and O–H groups in total. The average Bonchev–Trinajstić information content (AvgIpc) is 3.10. The molecule has 0 radical (unpaired) electrons. The fourth-order valence-corrected chi connectivity index (χ4v) is 3.44. The number of carbonyl (C=O) groups excluding carboxylic acids is 2. The molecule has 1 aromatic heterocycles. The van der Waals surface area contributed by atoms with Crippen LogP contribution in [0, 0.1) is 18.8 Å². The second-order valence-electron chi connectivity index (χ2n) is 5.44. The molecule has 2 saturated heterocycles. The Morgan fingerprint density at radius 2 is 2.40 bits per heavy atom. The van der Waals surface area contributed by atoms with Crippen molar-refractivity contribution in [3.05, 3.63) is 24.0 Å². The lowest BCUT2D eigenvalue weighted by atomic mass is 9.77. The highest BCUT2D eigenvalue weighted by atomic mass is 16.5. The van der Waals surface area contributed by atoms with Crippen molar-refractivity contribution in [1.29, 1.82) is 0 Å². The number of carboxylic acid groups (broad SMARTS) is 1. The molecule has 1 amide bonds. The van der Waals surface area contributed by atoms with E-state index >= 15 is 0 Å². The summed E-state index contributed by atoms with van der Waals surface area (Å²) in [5.41, 5.74) is -0.876. The molecule has 0 aromatic carbocycles. The number of ether oxygens (including phenoxy) is 1. The number of nitrogens with zero attached hydrogens (tertiary/aromatic N) is 2. The number of carboxylic acids is 1. The Balaban J connectivity index is 1.75. The highest BCUT2D eigenvalue weighted by Crippen LogP contribution is 2.52. The molecular formula is C13H11N2O5-. The summed E-state index contributed by atoms with van der Waals surface area (Å²) in [6, 6.07) is 1.64. The quantitative estimate of drug-likeness (QED) is 0.644. The van der Waals surface area contributed by atoms with Gasteiger partial charge in [-0.1, -0.05) is 17.3 Å². The van der Waals surface area contributed by atoms with E-state index in [4.69, 9.17) is 9.26 Å². The van der Waals surface area contributed by atoms with Crippen molar-refractivity contribution in [2.45, 2.75) is 18.6 Å². The third-order valence-electron chi connectivity index (χ3n) is 4.26. The van der Waals surface area contributed by atoms with Gasteiger partial charge in [0.15, 0.2) is 5.82 Å². The summed E-state index contributed by atoms with van der Waals surface area (Å²) >= 11 is 0. The van der Waals surface area contributed by atoms with E-state index in [-0.39, 0.29) is 12.5 Å². The zero-order valence-electron chi connectivity index (χ0n) is 10.6. The fourth-order valence-electron chi connectivity index (χ4n) is 3.44. The first-order valence-electron chi connectivity index (χ1n) is 6.34. The van der Waals surface area contributed by atoms with Crippen LogP contribution in [0.5, 0.6) is 0 Å². The highest BCUT2D eigenvalue weighted by Gasteiger charge is 2.65. The Hall–Kier alpha value is -2.15. The van der Waals surface area contributed by atoms with Gasteiger partial charge in [-0.25, -0.2) is 0 Å². The summed E-state index contributed by atoms with van der Waals surface area (Å²) in [6.45, 7) is 1.97. The second-order valence-corrected chi connectivity index (χ2v) is 5.44. The van der Waals surface area contributed by atoms with Gasteiger partial charge in [0.1, 0.15) is 11.4 Å². The van der Waals surface area contributed by atoms with E-state index in [2.05, 4.69) is 5.16 Å². The van der Waals surface area contributed by atoms with Gasteiger partial charge < -0.3 is 19.2 Å². The van der Waals surface area contributed by atoms with Crippen molar-refractivity contribution < 1.29 is 24.0 Å². The number of anilines is 1. The molecule has 1 spiro atoms. The predicted molar refractivity (Wildman–Crippen MR) is 62.3 cm³/mol. The molecule has 0 saturated carbocycles. The van der Waals surface area contributed by atoms with E-state index < -0.39 is 29.5 Å². The van der Waals surface area contributed by atoms with Crippen molar-refractivity contribution >= 4 is 17.7 Å². The minimum Gasteiger partial charge on any atom is -0.550 e. The van der Waals surface area contributed by atoms with Crippen molar-refractivity contribution in [2.75, 3.05) is 11.4 Å². The van der Waals surface area contributed by atoms with Crippen molar-refractivity contribution in [1.82, 2.24) is 5.16 Å². The van der Waals surface area contributed by atoms with Crippen LogP contribution in [0.3, 0.4) is 0 Å². The van der Waals surface area contributed by atoms with E-state index in [0.29, 0.717) is 11.6 Å². The molecule has 2 bridgehead atoms. The molecule has 104 valence electrons. The summed E-state index contributed by atoms with van der Waals surface area (Å²) in [5.74, 6) is -2.28. The SMILES string of the molecule is Cc1cc(N2C[C@@]34C=C[C@H](O3)[C@H](C(=O)[O-])[C@@H]4C2=O)no1. The predicted octanol–water partition coefficient (Wildman–Crippen LogP) is -0.981. The summed E-state index contributed by atoms with van der Waals surface area (Å²) in [7, 11) is 0. The number of hydrogen-bond acceptors (Lipinski definition) is 6. The Morgan fingerprint density at radius 1 is 1.60 bits per heavy atom. The fraction of sp³-hybridized carbons (Fsp3) is 0.462. The first-order valence-corrected chi connectivity index (χ1v) is 6.34. The Labute approximate surface area is 113 Å². The van der Waals surface area contributed by atoms with Gasteiger partial charge in [-0.2, -0.15) is 0 Å². The van der Waals surface area contributed by atoms with Gasteiger partial charge in [0.2, 0.25) is 5.91 Å². The van der Waals surface area contributed by atoms with Gasteiger partial charge in [-0.05, 0) is 6.92 Å². The molecule has 1 aromatic rings. The summed E-state index contributed by atoms with van der Waals surface area (Å²) in [6.07, 6.45) is 2.91. The number of aryl methyl sites for hydroxylation is 1. The summed E-state index contributed by atoms with van der Waals surface area (Å²) in [5, 5.41) is 15.1. The number of rotatable bonds is 2. The van der Waals surface area contributed by atoms with E-state index in [1.807, 2.05) is 0 Å². The van der Waals surface area contributed by atoms with E-state index in [0.717, 1.165) is 0 Å². The minimum atomic E-state index is -1.25. The maximum Gasteiger partial charge on any atom is 0.235 e. The molecule has 7 nitrogen and oxygen atoms in total. The van der Waals surface area contributed by atoms with E-state index in [1.54, 1.807) is 25.1 Å². The smallest absolute Gasteiger partial charge is 0.235 e. The normalized spacial score (nSPS) is 37.8. The zero-order chi connectivity index (χ0) is 14.1. The molecule has 7 heteroatoms. The van der Waals surface area contributed by atoms with E-state index in [1.165, 1.54) is 4.90 Å². The van der Waals surface area contributed by atoms with Crippen LogP contribution < -0.4 is 10.0 Å². The standard InChI is InChI=1S/C13H12N2O5/c1-6-4-8(14-20-6)15-5-13-3-2-7(19-13)9(12(17)18)10(13)11(15)16/h2-4,7,9-10H,5H2,1H3,(H,17,18)/p-1/t7-,9-,10+,13+/m0/s1. The van der Waals surface area contributed by atoms with Crippen molar-refractivity contribution in [3.63, 3.8) is 0 Å². The van der Waals surface area contributed by atoms with Crippen LogP contribution in [-0.2, 0) is 14.3 Å². The molecule has 3 aliphatic rings. The topological polar surface area (TPSA) is 95.7 Å². The van der Waals surface area contributed by atoms with Crippen LogP contribution in [-0.4, -0.2) is 35.3 Å². The third-order valence-corrected chi connectivity index (χ3v) is 4.26. The molecule has 4 atom stereocenters. The van der Waals surface area contributed by atoms with Gasteiger partial charge in [-0.3, -0.25) is 9.69 Å². The Bertz CT molecular complexity index is 651. The van der Waals surface area contributed by atoms with Crippen LogP contribution >= 0.6 is 0 Å². The highest BCUT2D eigenvalue weighted by molar-refractivity contribution is 6.01. The Kier molecular flexibility index (Phi) is 2.03. The first kappa shape index (κ1) is 11.7. The number of carbonyl (C=O) groups is 2. The molecule has 0 aliphatic carbocycles. The number of amides is 1. The number of aliphatic carboxylic acids is 1. The van der Waals surface area contributed by atoms with Gasteiger partial charge >= 0.3 is 0 Å². The van der Waals surface area contributed by atoms with Crippen LogP contribution in [0.1, 0.15) is 5.76 Å². The summed E-state index contributed by atoms with van der Waals surface area (Å²) in [4.78, 5) is 25.2. The number of hydrogen-bond donors (Lipinski definition) is 0. The lowest BCUT2D eigenvalue weighted by molar-refractivity contribution is -0.313. The number of fused-ring (bicyclic) bond motifs is 1. The van der Waals surface area contributed by atoms with Crippen LogP contribution in [0.15, 0.2) is 22.7 Å². The second kappa shape index (κ2) is 3.49. The van der Waals surface area contributed by atoms with Crippen LogP contribution in [0.2, 0.25) is 0 Å². The number of aromatic nitrogens is 1. The van der Waals surface area contributed by atoms with Gasteiger partial charge in [-0.15, -0.1) is 0 Å². The van der Waals surface area contributed by atoms with Gasteiger partial charge in [0.05, 0.1) is 18.6 Å². The van der Waals surface area contributed by atoms with Gasteiger partial charge in [0, 0.05) is 18.0 Å². The average molecular weight is 275 g/mol. The maximum atomic E-state index is 12.5. The van der Waals surface area contributed by atoms with Crippen LogP contribution in [0.4, 0.5) is 5.82 Å². The van der Waals surface area contributed by atoms with E-state index in [9.17, 15) is 14.7 Å². The molecule has 0 unspecified atom stereocenters. The molecule has 4 heterocycles. The van der Waals surface area contributed by atoms with Gasteiger partial charge in [0.25, 0.3) is 0 Å². The molecule has 20 heavy (non-hydrogen) atoms. The lowest BCUT2D eigenvalue weighted by Gasteiger charge is -2.24. The molecular weight excluding hydrogens is 264 g/mol. The third kappa shape index (κ3) is 1.25. The lowest BCUT2D eigenvalue weighted by Crippen LogP contribution is -2.45. The molecule has 2 fully saturated rings. The largest absolute Gasteiger partial charge is 0.550 e. The molecule has 3 aliphatic heterocycles. The maximum absolute atomic E-state index is 12.5. The minimum absolute atomic E-state index is 0.249. The zero-order valence-corrected chi connectivity index (χ0v) is 10.6. The molecule has 4 rings (SSSR count). The monoisotopic (exact) mass is 275 g/mol. The summed E-state index contributed by atoms with van der Waals surface area (Å²) < 4.78 is 10.7. The first-order chi connectivity index (χ1) is 9.52. The van der Waals surface area contributed by atoms with Crippen molar-refractivity contribution in [3.8, 4) is 0 Å². The van der Waals surface area contributed by atoms with Crippen molar-refractivity contribution in [2.24, 2.45) is 11.8 Å².